The first-order valence-electron chi connectivity index (χ1n) is 8.52. The first-order valence-corrected chi connectivity index (χ1v) is 8.52. The van der Waals surface area contributed by atoms with Gasteiger partial charge in [0.1, 0.15) is 5.75 Å². The molecule has 20 heavy (non-hydrogen) atoms. The summed E-state index contributed by atoms with van der Waals surface area (Å²) in [4.78, 5) is 0. The van der Waals surface area contributed by atoms with E-state index in [0.717, 1.165) is 18.8 Å². The third-order valence-corrected chi connectivity index (χ3v) is 4.80. The lowest BCUT2D eigenvalue weighted by molar-refractivity contribution is 0.453. The molecule has 0 unspecified atom stereocenters. The van der Waals surface area contributed by atoms with Crippen molar-refractivity contribution >= 4 is 0 Å². The Kier molecular flexibility index (Phi) is 5.94. The van der Waals surface area contributed by atoms with Crippen molar-refractivity contribution in [1.82, 2.24) is 0 Å². The van der Waals surface area contributed by atoms with E-state index in [9.17, 15) is 5.11 Å². The summed E-state index contributed by atoms with van der Waals surface area (Å²) < 4.78 is 0. The number of benzene rings is 1. The quantitative estimate of drug-likeness (QED) is 0.646. The molecular formula is C19H30O. The van der Waals surface area contributed by atoms with Crippen LogP contribution in [0.3, 0.4) is 0 Å². The Hall–Kier alpha value is -0.980. The molecule has 1 saturated carbocycles. The van der Waals surface area contributed by atoms with Crippen LogP contribution in [0.5, 0.6) is 5.75 Å². The number of phenols is 1. The summed E-state index contributed by atoms with van der Waals surface area (Å²) in [6.45, 7) is 4.41. The van der Waals surface area contributed by atoms with Gasteiger partial charge in [0.25, 0.3) is 0 Å². The molecule has 2 rings (SSSR count). The Balaban J connectivity index is 1.96. The average Bonchev–Trinajstić information content (AvgIpc) is 2.92. The molecule has 0 saturated heterocycles. The first kappa shape index (κ1) is 15.4. The van der Waals surface area contributed by atoms with Crippen molar-refractivity contribution < 1.29 is 5.11 Å². The molecule has 1 aliphatic rings. The van der Waals surface area contributed by atoms with Crippen LogP contribution in [-0.2, 0) is 12.8 Å². The summed E-state index contributed by atoms with van der Waals surface area (Å²) in [5.74, 6) is 1.34. The van der Waals surface area contributed by atoms with Gasteiger partial charge < -0.3 is 5.11 Å². The van der Waals surface area contributed by atoms with E-state index in [2.05, 4.69) is 19.9 Å². The molecule has 0 atom stereocenters. The summed E-state index contributed by atoms with van der Waals surface area (Å²) >= 11 is 0. The third kappa shape index (κ3) is 4.26. The van der Waals surface area contributed by atoms with Gasteiger partial charge >= 0.3 is 0 Å². The predicted octanol–water partition coefficient (Wildman–Crippen LogP) is 5.56. The van der Waals surface area contributed by atoms with E-state index < -0.39 is 0 Å². The summed E-state index contributed by atoms with van der Waals surface area (Å²) in [5, 5.41) is 10.3. The van der Waals surface area contributed by atoms with E-state index in [4.69, 9.17) is 0 Å². The minimum Gasteiger partial charge on any atom is -0.508 e. The number of aryl methyl sites for hydroxylation is 2. The first-order chi connectivity index (χ1) is 9.70. The molecule has 1 N–H and O–H groups in total. The van der Waals surface area contributed by atoms with Crippen LogP contribution >= 0.6 is 0 Å². The predicted molar refractivity (Wildman–Crippen MR) is 86.4 cm³/mol. The van der Waals surface area contributed by atoms with E-state index in [1.807, 2.05) is 6.07 Å². The van der Waals surface area contributed by atoms with E-state index in [1.165, 1.54) is 68.1 Å². The highest BCUT2D eigenvalue weighted by Gasteiger charge is 2.18. The lowest BCUT2D eigenvalue weighted by Crippen LogP contribution is -2.02. The third-order valence-electron chi connectivity index (χ3n) is 4.80. The van der Waals surface area contributed by atoms with Crippen molar-refractivity contribution in [3.8, 4) is 5.75 Å². The molecule has 0 aromatic heterocycles. The fourth-order valence-corrected chi connectivity index (χ4v) is 3.54. The Morgan fingerprint density at radius 2 is 1.85 bits per heavy atom. The molecule has 0 amide bonds. The number of hydrogen-bond donors (Lipinski definition) is 1. The second kappa shape index (κ2) is 7.71. The molecule has 0 spiro atoms. The number of aromatic hydroxyl groups is 1. The zero-order valence-corrected chi connectivity index (χ0v) is 13.3. The van der Waals surface area contributed by atoms with Gasteiger partial charge in [-0.1, -0.05) is 57.9 Å². The van der Waals surface area contributed by atoms with Crippen molar-refractivity contribution in [3.05, 3.63) is 28.8 Å². The largest absolute Gasteiger partial charge is 0.508 e. The van der Waals surface area contributed by atoms with Crippen LogP contribution in [0.15, 0.2) is 12.1 Å². The lowest BCUT2D eigenvalue weighted by Gasteiger charge is -2.15. The van der Waals surface area contributed by atoms with Crippen molar-refractivity contribution in [2.75, 3.05) is 0 Å². The van der Waals surface area contributed by atoms with E-state index >= 15 is 0 Å². The highest BCUT2D eigenvalue weighted by molar-refractivity contribution is 5.42. The molecule has 1 fully saturated rings. The SMILES string of the molecule is CCCCCCc1cc(C)c(CC2CCCC2)c(O)c1. The molecule has 1 nitrogen and oxygen atoms in total. The highest BCUT2D eigenvalue weighted by Crippen LogP contribution is 2.33. The zero-order valence-electron chi connectivity index (χ0n) is 13.3. The Bertz CT molecular complexity index is 393. The zero-order chi connectivity index (χ0) is 14.4. The van der Waals surface area contributed by atoms with Gasteiger partial charge in [0.15, 0.2) is 0 Å². The van der Waals surface area contributed by atoms with Crippen LogP contribution in [0.2, 0.25) is 0 Å². The fraction of sp³-hybridized carbons (Fsp3) is 0.684. The Morgan fingerprint density at radius 3 is 2.50 bits per heavy atom. The Labute approximate surface area is 124 Å². The topological polar surface area (TPSA) is 20.2 Å². The van der Waals surface area contributed by atoms with Gasteiger partial charge in [-0.2, -0.15) is 0 Å². The molecule has 0 heterocycles. The average molecular weight is 274 g/mol. The highest BCUT2D eigenvalue weighted by atomic mass is 16.3. The van der Waals surface area contributed by atoms with E-state index in [0.29, 0.717) is 5.75 Å². The Morgan fingerprint density at radius 1 is 1.10 bits per heavy atom. The van der Waals surface area contributed by atoms with Crippen LogP contribution in [0, 0.1) is 12.8 Å². The maximum absolute atomic E-state index is 10.3. The summed E-state index contributed by atoms with van der Waals surface area (Å²) in [6.07, 6.45) is 12.8. The number of unbranched alkanes of at least 4 members (excludes halogenated alkanes) is 3. The molecule has 0 radical (unpaired) electrons. The molecule has 0 bridgehead atoms. The van der Waals surface area contributed by atoms with Crippen LogP contribution in [0.25, 0.3) is 0 Å². The summed E-state index contributed by atoms with van der Waals surface area (Å²) in [6, 6.07) is 4.32. The molecule has 1 aliphatic carbocycles. The van der Waals surface area contributed by atoms with Crippen molar-refractivity contribution in [1.29, 1.82) is 0 Å². The van der Waals surface area contributed by atoms with E-state index in [-0.39, 0.29) is 0 Å². The minimum absolute atomic E-state index is 0.544. The van der Waals surface area contributed by atoms with Crippen molar-refractivity contribution in [2.45, 2.75) is 78.1 Å². The van der Waals surface area contributed by atoms with Crippen LogP contribution in [-0.4, -0.2) is 5.11 Å². The lowest BCUT2D eigenvalue weighted by atomic mass is 9.92. The van der Waals surface area contributed by atoms with Crippen molar-refractivity contribution in [2.24, 2.45) is 5.92 Å². The van der Waals surface area contributed by atoms with E-state index in [1.54, 1.807) is 0 Å². The second-order valence-corrected chi connectivity index (χ2v) is 6.58. The molecular weight excluding hydrogens is 244 g/mol. The van der Waals surface area contributed by atoms with Crippen LogP contribution < -0.4 is 0 Å². The molecule has 1 heteroatoms. The van der Waals surface area contributed by atoms with Crippen LogP contribution in [0.1, 0.15) is 75.0 Å². The van der Waals surface area contributed by atoms with Gasteiger partial charge in [0.05, 0.1) is 0 Å². The van der Waals surface area contributed by atoms with Gasteiger partial charge in [-0.15, -0.1) is 0 Å². The van der Waals surface area contributed by atoms with Gasteiger partial charge in [0, 0.05) is 0 Å². The van der Waals surface area contributed by atoms with Crippen molar-refractivity contribution in [3.63, 3.8) is 0 Å². The number of rotatable bonds is 7. The smallest absolute Gasteiger partial charge is 0.119 e. The van der Waals surface area contributed by atoms with Crippen LogP contribution in [0.4, 0.5) is 0 Å². The second-order valence-electron chi connectivity index (χ2n) is 6.58. The number of phenolic OH excluding ortho intramolecular Hbond substituents is 1. The molecule has 0 aliphatic heterocycles. The molecule has 112 valence electrons. The summed E-state index contributed by atoms with van der Waals surface area (Å²) in [5.41, 5.74) is 3.81. The van der Waals surface area contributed by atoms with Gasteiger partial charge in [-0.25, -0.2) is 0 Å². The fourth-order valence-electron chi connectivity index (χ4n) is 3.54. The van der Waals surface area contributed by atoms with Gasteiger partial charge in [-0.3, -0.25) is 0 Å². The molecule has 1 aromatic rings. The minimum atomic E-state index is 0.544. The monoisotopic (exact) mass is 274 g/mol. The van der Waals surface area contributed by atoms with Gasteiger partial charge in [0.2, 0.25) is 0 Å². The molecule has 1 aromatic carbocycles. The standard InChI is InChI=1S/C19H30O/c1-3-4-5-6-11-17-12-15(2)18(19(20)14-17)13-16-9-7-8-10-16/h12,14,16,20H,3-11,13H2,1-2H3. The normalized spacial score (nSPS) is 15.9. The summed E-state index contributed by atoms with van der Waals surface area (Å²) in [7, 11) is 0. The van der Waals surface area contributed by atoms with Gasteiger partial charge in [-0.05, 0) is 54.9 Å². The maximum atomic E-state index is 10.3. The number of hydrogen-bond acceptors (Lipinski definition) is 1. The maximum Gasteiger partial charge on any atom is 0.119 e.